The molecule has 0 radical (unpaired) electrons. The summed E-state index contributed by atoms with van der Waals surface area (Å²) in [5, 5.41) is 18.8. The SMILES string of the molecule is O=C(O)c1cc([N+](=O)[O-])c(OC(F)F)cc1Cl. The van der Waals surface area contributed by atoms with Crippen LogP contribution in [0, 0.1) is 10.1 Å². The smallest absolute Gasteiger partial charge is 0.387 e. The number of carboxylic acid groups (broad SMARTS) is 1. The van der Waals surface area contributed by atoms with Crippen LogP contribution < -0.4 is 4.74 Å². The van der Waals surface area contributed by atoms with Crippen molar-refractivity contribution in [3.05, 3.63) is 32.8 Å². The molecule has 0 aromatic heterocycles. The fraction of sp³-hybridized carbons (Fsp3) is 0.125. The van der Waals surface area contributed by atoms with Gasteiger partial charge in [-0.15, -0.1) is 0 Å². The lowest BCUT2D eigenvalue weighted by Gasteiger charge is -2.07. The van der Waals surface area contributed by atoms with Crippen molar-refractivity contribution in [2.75, 3.05) is 0 Å². The van der Waals surface area contributed by atoms with Crippen molar-refractivity contribution in [2.24, 2.45) is 0 Å². The zero-order chi connectivity index (χ0) is 13.2. The third-order valence-corrected chi connectivity index (χ3v) is 2.00. The van der Waals surface area contributed by atoms with Gasteiger partial charge in [-0.2, -0.15) is 8.78 Å². The lowest BCUT2D eigenvalue weighted by molar-refractivity contribution is -0.386. The molecule has 0 bridgehead atoms. The number of benzene rings is 1. The molecular formula is C8H4ClF2NO5. The van der Waals surface area contributed by atoms with Gasteiger partial charge in [-0.25, -0.2) is 4.79 Å². The fourth-order valence-corrected chi connectivity index (χ4v) is 1.28. The molecule has 1 aromatic carbocycles. The van der Waals surface area contributed by atoms with Crippen molar-refractivity contribution < 1.29 is 28.3 Å². The third-order valence-electron chi connectivity index (χ3n) is 1.69. The number of halogens is 3. The molecule has 17 heavy (non-hydrogen) atoms. The van der Waals surface area contributed by atoms with E-state index in [0.29, 0.717) is 12.1 Å². The van der Waals surface area contributed by atoms with Crippen LogP contribution in [0.25, 0.3) is 0 Å². The van der Waals surface area contributed by atoms with Gasteiger partial charge in [0.1, 0.15) is 0 Å². The van der Waals surface area contributed by atoms with Crippen molar-refractivity contribution in [1.29, 1.82) is 0 Å². The molecule has 0 saturated carbocycles. The normalized spacial score (nSPS) is 10.4. The first-order valence-corrected chi connectivity index (χ1v) is 4.36. The number of hydrogen-bond acceptors (Lipinski definition) is 4. The molecule has 0 fully saturated rings. The molecule has 0 spiro atoms. The summed E-state index contributed by atoms with van der Waals surface area (Å²) < 4.78 is 27.8. The molecule has 0 aliphatic carbocycles. The van der Waals surface area contributed by atoms with Gasteiger partial charge in [0, 0.05) is 12.1 Å². The lowest BCUT2D eigenvalue weighted by Crippen LogP contribution is -2.06. The monoisotopic (exact) mass is 267 g/mol. The van der Waals surface area contributed by atoms with Crippen molar-refractivity contribution in [2.45, 2.75) is 6.61 Å². The summed E-state index contributed by atoms with van der Waals surface area (Å²) in [5.74, 6) is -2.30. The Morgan fingerprint density at radius 1 is 1.53 bits per heavy atom. The van der Waals surface area contributed by atoms with Gasteiger partial charge in [0.25, 0.3) is 0 Å². The Morgan fingerprint density at radius 3 is 2.53 bits per heavy atom. The molecule has 1 N–H and O–H groups in total. The van der Waals surface area contributed by atoms with E-state index in [9.17, 15) is 23.7 Å². The molecule has 0 aliphatic heterocycles. The van der Waals surface area contributed by atoms with Crippen molar-refractivity contribution >= 4 is 23.3 Å². The summed E-state index contributed by atoms with van der Waals surface area (Å²) in [6.45, 7) is -3.28. The second-order valence-corrected chi connectivity index (χ2v) is 3.15. The predicted octanol–water partition coefficient (Wildman–Crippen LogP) is 2.55. The highest BCUT2D eigenvalue weighted by Crippen LogP contribution is 2.34. The van der Waals surface area contributed by atoms with Gasteiger partial charge in [-0.05, 0) is 0 Å². The van der Waals surface area contributed by atoms with E-state index in [1.165, 1.54) is 0 Å². The third kappa shape index (κ3) is 3.00. The summed E-state index contributed by atoms with van der Waals surface area (Å²) >= 11 is 5.46. The molecule has 92 valence electrons. The van der Waals surface area contributed by atoms with Crippen LogP contribution in [0.15, 0.2) is 12.1 Å². The van der Waals surface area contributed by atoms with Gasteiger partial charge >= 0.3 is 18.3 Å². The van der Waals surface area contributed by atoms with Gasteiger partial charge in [-0.3, -0.25) is 10.1 Å². The molecule has 1 aromatic rings. The minimum absolute atomic E-state index is 0.432. The van der Waals surface area contributed by atoms with Crippen LogP contribution >= 0.6 is 11.6 Å². The molecule has 1 rings (SSSR count). The van der Waals surface area contributed by atoms with Gasteiger partial charge in [0.05, 0.1) is 15.5 Å². The van der Waals surface area contributed by atoms with E-state index < -0.39 is 39.5 Å². The average Bonchev–Trinajstić information content (AvgIpc) is 2.15. The summed E-state index contributed by atoms with van der Waals surface area (Å²) in [6, 6.07) is 1.22. The molecule has 0 heterocycles. The number of carbonyl (C=O) groups is 1. The molecule has 0 amide bonds. The topological polar surface area (TPSA) is 89.7 Å². The summed E-state index contributed by atoms with van der Waals surface area (Å²) in [6.07, 6.45) is 0. The zero-order valence-corrected chi connectivity index (χ0v) is 8.65. The number of alkyl halides is 2. The summed E-state index contributed by atoms with van der Waals surface area (Å²) in [7, 11) is 0. The number of carboxylic acids is 1. The standard InChI is InChI=1S/C8H4ClF2NO5/c9-4-2-6(17-8(10)11)5(12(15)16)1-3(4)7(13)14/h1-2,8H,(H,13,14). The van der Waals surface area contributed by atoms with Crippen molar-refractivity contribution in [1.82, 2.24) is 0 Å². The maximum absolute atomic E-state index is 12.0. The number of nitro groups is 1. The Balaban J connectivity index is 3.35. The Hall–Kier alpha value is -1.96. The van der Waals surface area contributed by atoms with E-state index in [1.54, 1.807) is 0 Å². The number of nitro benzene ring substituents is 1. The second kappa shape index (κ2) is 4.91. The highest BCUT2D eigenvalue weighted by molar-refractivity contribution is 6.33. The lowest BCUT2D eigenvalue weighted by atomic mass is 10.2. The largest absolute Gasteiger partial charge is 0.478 e. The van der Waals surface area contributed by atoms with Crippen molar-refractivity contribution in [3.8, 4) is 5.75 Å². The van der Waals surface area contributed by atoms with E-state index in [4.69, 9.17) is 16.7 Å². The first-order chi connectivity index (χ1) is 7.82. The van der Waals surface area contributed by atoms with E-state index >= 15 is 0 Å². The number of nitrogens with zero attached hydrogens (tertiary/aromatic N) is 1. The molecule has 6 nitrogen and oxygen atoms in total. The quantitative estimate of drug-likeness (QED) is 0.669. The van der Waals surface area contributed by atoms with Crippen LogP contribution in [0.2, 0.25) is 5.02 Å². The van der Waals surface area contributed by atoms with E-state index in [-0.39, 0.29) is 0 Å². The summed E-state index contributed by atoms with van der Waals surface area (Å²) in [4.78, 5) is 20.1. The highest BCUT2D eigenvalue weighted by Gasteiger charge is 2.23. The van der Waals surface area contributed by atoms with Crippen LogP contribution in [0.1, 0.15) is 10.4 Å². The van der Waals surface area contributed by atoms with Crippen LogP contribution in [0.4, 0.5) is 14.5 Å². The predicted molar refractivity (Wildman–Crippen MR) is 51.7 cm³/mol. The Bertz CT molecular complexity index is 479. The number of ether oxygens (including phenoxy) is 1. The molecule has 0 unspecified atom stereocenters. The molecule has 9 heteroatoms. The molecule has 0 atom stereocenters. The number of hydrogen-bond donors (Lipinski definition) is 1. The van der Waals surface area contributed by atoms with Gasteiger partial charge in [0.2, 0.25) is 5.75 Å². The van der Waals surface area contributed by atoms with Crippen LogP contribution in [0.5, 0.6) is 5.75 Å². The van der Waals surface area contributed by atoms with Crippen molar-refractivity contribution in [3.63, 3.8) is 0 Å². The van der Waals surface area contributed by atoms with Crippen LogP contribution in [0.3, 0.4) is 0 Å². The Kier molecular flexibility index (Phi) is 3.79. The summed E-state index contributed by atoms with van der Waals surface area (Å²) in [5.41, 5.74) is -1.47. The maximum Gasteiger partial charge on any atom is 0.387 e. The minimum atomic E-state index is -3.28. The van der Waals surface area contributed by atoms with Gasteiger partial charge < -0.3 is 9.84 Å². The minimum Gasteiger partial charge on any atom is -0.478 e. The maximum atomic E-state index is 12.0. The van der Waals surface area contributed by atoms with Crippen LogP contribution in [-0.4, -0.2) is 22.6 Å². The van der Waals surface area contributed by atoms with Gasteiger partial charge in [0.15, 0.2) is 0 Å². The fourth-order valence-electron chi connectivity index (χ4n) is 1.04. The molecule has 0 saturated heterocycles. The first kappa shape index (κ1) is 13.1. The Labute approximate surface area is 97.5 Å². The highest BCUT2D eigenvalue weighted by atomic mass is 35.5. The average molecular weight is 268 g/mol. The zero-order valence-electron chi connectivity index (χ0n) is 7.89. The first-order valence-electron chi connectivity index (χ1n) is 3.99. The number of rotatable bonds is 4. The number of aromatic carboxylic acids is 1. The Morgan fingerprint density at radius 2 is 2.12 bits per heavy atom. The van der Waals surface area contributed by atoms with E-state index in [2.05, 4.69) is 4.74 Å². The second-order valence-electron chi connectivity index (χ2n) is 2.74. The van der Waals surface area contributed by atoms with E-state index in [1.807, 2.05) is 0 Å². The molecule has 0 aliphatic rings. The van der Waals surface area contributed by atoms with Gasteiger partial charge in [-0.1, -0.05) is 11.6 Å². The van der Waals surface area contributed by atoms with Crippen LogP contribution in [-0.2, 0) is 0 Å². The van der Waals surface area contributed by atoms with E-state index in [0.717, 1.165) is 0 Å². The molecular weight excluding hydrogens is 264 g/mol.